The van der Waals surface area contributed by atoms with Crippen molar-refractivity contribution in [3.63, 3.8) is 0 Å². The number of sulfonamides is 1. The standard InChI is InChI=1S/C20H23FN2O3S/c1-14-9-10-19(18(21)12-14)22-20(24)16-7-5-8-17(13-16)27(25,26)23-11-4-3-6-15(23)2/h5,7-10,12-13,15H,3-4,6,11H2,1-2H3,(H,22,24). The number of rotatable bonds is 4. The molecule has 1 aliphatic heterocycles. The summed E-state index contributed by atoms with van der Waals surface area (Å²) in [5, 5.41) is 2.50. The maximum atomic E-state index is 14.0. The fourth-order valence-electron chi connectivity index (χ4n) is 3.28. The van der Waals surface area contributed by atoms with Crippen molar-refractivity contribution in [1.29, 1.82) is 0 Å². The van der Waals surface area contributed by atoms with Crippen LogP contribution in [0, 0.1) is 12.7 Å². The Morgan fingerprint density at radius 2 is 1.96 bits per heavy atom. The first-order valence-corrected chi connectivity index (χ1v) is 10.4. The average molecular weight is 390 g/mol. The van der Waals surface area contributed by atoms with Crippen molar-refractivity contribution in [2.24, 2.45) is 0 Å². The SMILES string of the molecule is Cc1ccc(NC(=O)c2cccc(S(=O)(=O)N3CCCCC3C)c2)c(F)c1. The lowest BCUT2D eigenvalue weighted by Crippen LogP contribution is -2.41. The number of halogens is 1. The third-order valence-corrected chi connectivity index (χ3v) is 6.83. The van der Waals surface area contributed by atoms with Crippen molar-refractivity contribution in [2.75, 3.05) is 11.9 Å². The summed E-state index contributed by atoms with van der Waals surface area (Å²) >= 11 is 0. The van der Waals surface area contributed by atoms with Crippen molar-refractivity contribution in [1.82, 2.24) is 4.31 Å². The summed E-state index contributed by atoms with van der Waals surface area (Å²) in [6.45, 7) is 4.13. The Balaban J connectivity index is 1.85. The van der Waals surface area contributed by atoms with Gasteiger partial charge in [0.2, 0.25) is 10.0 Å². The Morgan fingerprint density at radius 3 is 2.67 bits per heavy atom. The smallest absolute Gasteiger partial charge is 0.255 e. The van der Waals surface area contributed by atoms with E-state index in [4.69, 9.17) is 0 Å². The molecule has 1 amide bonds. The van der Waals surface area contributed by atoms with Crippen LogP contribution in [0.2, 0.25) is 0 Å². The van der Waals surface area contributed by atoms with Crippen molar-refractivity contribution in [2.45, 2.75) is 44.0 Å². The molecule has 0 aliphatic carbocycles. The number of anilines is 1. The molecule has 2 aromatic rings. The molecular weight excluding hydrogens is 367 g/mol. The van der Waals surface area contributed by atoms with Crippen LogP contribution in [0.4, 0.5) is 10.1 Å². The summed E-state index contributed by atoms with van der Waals surface area (Å²) in [6, 6.07) is 10.3. The molecule has 1 fully saturated rings. The summed E-state index contributed by atoms with van der Waals surface area (Å²) in [5.74, 6) is -1.09. The van der Waals surface area contributed by atoms with Gasteiger partial charge in [0.05, 0.1) is 10.6 Å². The number of nitrogens with zero attached hydrogens (tertiary/aromatic N) is 1. The monoisotopic (exact) mass is 390 g/mol. The van der Waals surface area contributed by atoms with E-state index in [0.717, 1.165) is 24.8 Å². The zero-order chi connectivity index (χ0) is 19.6. The fourth-order valence-corrected chi connectivity index (χ4v) is 5.02. The molecule has 1 saturated heterocycles. The topological polar surface area (TPSA) is 66.5 Å². The highest BCUT2D eigenvalue weighted by Gasteiger charge is 2.31. The van der Waals surface area contributed by atoms with Crippen molar-refractivity contribution in [3.8, 4) is 0 Å². The number of aryl methyl sites for hydroxylation is 1. The third-order valence-electron chi connectivity index (χ3n) is 4.82. The summed E-state index contributed by atoms with van der Waals surface area (Å²) in [4.78, 5) is 12.6. The summed E-state index contributed by atoms with van der Waals surface area (Å²) in [6.07, 6.45) is 2.67. The molecule has 144 valence electrons. The van der Waals surface area contributed by atoms with Gasteiger partial charge in [-0.05, 0) is 62.6 Å². The number of piperidine rings is 1. The molecule has 1 unspecified atom stereocenters. The molecule has 1 atom stereocenters. The van der Waals surface area contributed by atoms with Gasteiger partial charge < -0.3 is 5.32 Å². The van der Waals surface area contributed by atoms with E-state index >= 15 is 0 Å². The molecule has 5 nitrogen and oxygen atoms in total. The van der Waals surface area contributed by atoms with Crippen molar-refractivity contribution < 1.29 is 17.6 Å². The highest BCUT2D eigenvalue weighted by atomic mass is 32.2. The first-order chi connectivity index (χ1) is 12.8. The molecular formula is C20H23FN2O3S. The number of hydrogen-bond acceptors (Lipinski definition) is 3. The van der Waals surface area contributed by atoms with E-state index in [1.54, 1.807) is 13.0 Å². The fraction of sp³-hybridized carbons (Fsp3) is 0.350. The van der Waals surface area contributed by atoms with Crippen LogP contribution in [-0.2, 0) is 10.0 Å². The molecule has 7 heteroatoms. The van der Waals surface area contributed by atoms with Gasteiger partial charge in [-0.2, -0.15) is 4.31 Å². The van der Waals surface area contributed by atoms with Gasteiger partial charge in [-0.1, -0.05) is 18.6 Å². The Labute approximate surface area is 159 Å². The minimum absolute atomic E-state index is 0.0588. The maximum absolute atomic E-state index is 14.0. The number of benzene rings is 2. The van der Waals surface area contributed by atoms with Crippen LogP contribution < -0.4 is 5.32 Å². The van der Waals surface area contributed by atoms with Gasteiger partial charge in [0, 0.05) is 18.2 Å². The molecule has 1 N–H and O–H groups in total. The zero-order valence-corrected chi connectivity index (χ0v) is 16.2. The van der Waals surface area contributed by atoms with Crippen LogP contribution in [0.5, 0.6) is 0 Å². The van der Waals surface area contributed by atoms with Crippen LogP contribution in [-0.4, -0.2) is 31.2 Å². The van der Waals surface area contributed by atoms with E-state index in [1.807, 2.05) is 6.92 Å². The molecule has 0 bridgehead atoms. The highest BCUT2D eigenvalue weighted by molar-refractivity contribution is 7.89. The van der Waals surface area contributed by atoms with Gasteiger partial charge in [-0.25, -0.2) is 12.8 Å². The zero-order valence-electron chi connectivity index (χ0n) is 15.4. The van der Waals surface area contributed by atoms with E-state index in [9.17, 15) is 17.6 Å². The molecule has 0 spiro atoms. The van der Waals surface area contributed by atoms with Crippen LogP contribution in [0.25, 0.3) is 0 Å². The number of nitrogens with one attached hydrogen (secondary N) is 1. The Hall–Kier alpha value is -2.25. The van der Waals surface area contributed by atoms with Crippen LogP contribution in [0.15, 0.2) is 47.4 Å². The third kappa shape index (κ3) is 4.20. The minimum Gasteiger partial charge on any atom is -0.319 e. The molecule has 27 heavy (non-hydrogen) atoms. The number of amides is 1. The highest BCUT2D eigenvalue weighted by Crippen LogP contribution is 2.26. The quantitative estimate of drug-likeness (QED) is 0.860. The molecule has 0 radical (unpaired) electrons. The molecule has 3 rings (SSSR count). The lowest BCUT2D eigenvalue weighted by molar-refractivity contribution is 0.102. The molecule has 0 saturated carbocycles. The molecule has 0 aromatic heterocycles. The van der Waals surface area contributed by atoms with Crippen molar-refractivity contribution in [3.05, 3.63) is 59.4 Å². The van der Waals surface area contributed by atoms with Gasteiger partial charge in [-0.15, -0.1) is 0 Å². The normalized spacial score (nSPS) is 18.3. The first kappa shape index (κ1) is 19.5. The predicted molar refractivity (Wildman–Crippen MR) is 103 cm³/mol. The minimum atomic E-state index is -3.67. The second kappa shape index (κ2) is 7.78. The van der Waals surface area contributed by atoms with Gasteiger partial charge in [0.25, 0.3) is 5.91 Å². The number of carbonyl (C=O) groups is 1. The van der Waals surface area contributed by atoms with Gasteiger partial charge in [0.1, 0.15) is 5.82 Å². The lowest BCUT2D eigenvalue weighted by Gasteiger charge is -2.32. The van der Waals surface area contributed by atoms with Crippen LogP contribution in [0.3, 0.4) is 0 Å². The Morgan fingerprint density at radius 1 is 1.19 bits per heavy atom. The van der Waals surface area contributed by atoms with Gasteiger partial charge in [-0.3, -0.25) is 4.79 Å². The number of hydrogen-bond donors (Lipinski definition) is 1. The van der Waals surface area contributed by atoms with Crippen molar-refractivity contribution >= 4 is 21.6 Å². The Kier molecular flexibility index (Phi) is 5.62. The second-order valence-electron chi connectivity index (χ2n) is 6.93. The molecule has 2 aromatic carbocycles. The molecule has 1 aliphatic rings. The van der Waals surface area contributed by atoms with Crippen LogP contribution in [0.1, 0.15) is 42.1 Å². The predicted octanol–water partition coefficient (Wildman–Crippen LogP) is 3.95. The summed E-state index contributed by atoms with van der Waals surface area (Å²) < 4.78 is 41.4. The van der Waals surface area contributed by atoms with E-state index in [-0.39, 0.29) is 22.2 Å². The maximum Gasteiger partial charge on any atom is 0.255 e. The lowest BCUT2D eigenvalue weighted by atomic mass is 10.1. The van der Waals surface area contributed by atoms with Gasteiger partial charge in [0.15, 0.2) is 0 Å². The number of carbonyl (C=O) groups excluding carboxylic acids is 1. The second-order valence-corrected chi connectivity index (χ2v) is 8.82. The van der Waals surface area contributed by atoms with E-state index in [0.29, 0.717) is 6.54 Å². The summed E-state index contributed by atoms with van der Waals surface area (Å²) in [7, 11) is -3.67. The van der Waals surface area contributed by atoms with E-state index < -0.39 is 21.7 Å². The van der Waals surface area contributed by atoms with E-state index in [2.05, 4.69) is 5.32 Å². The van der Waals surface area contributed by atoms with Crippen LogP contribution >= 0.6 is 0 Å². The van der Waals surface area contributed by atoms with Gasteiger partial charge >= 0.3 is 0 Å². The first-order valence-electron chi connectivity index (χ1n) is 8.98. The molecule has 1 heterocycles. The largest absolute Gasteiger partial charge is 0.319 e. The summed E-state index contributed by atoms with van der Waals surface area (Å²) in [5.41, 5.74) is 0.971. The average Bonchev–Trinajstić information content (AvgIpc) is 2.64. The van der Waals surface area contributed by atoms with E-state index in [1.165, 1.54) is 40.7 Å². The Bertz CT molecular complexity index is 959.